The summed E-state index contributed by atoms with van der Waals surface area (Å²) < 4.78 is 19.2. The molecule has 4 heteroatoms. The molecule has 0 aliphatic carbocycles. The minimum absolute atomic E-state index is 0.141. The van der Waals surface area contributed by atoms with E-state index in [0.717, 1.165) is 29.3 Å². The second-order valence-electron chi connectivity index (χ2n) is 7.86. The average molecular weight is 426 g/mol. The minimum Gasteiger partial charge on any atom is -0.491 e. The van der Waals surface area contributed by atoms with E-state index in [-0.39, 0.29) is 23.9 Å². The molecular weight excluding hydrogens is 397 g/mol. The molecule has 3 aromatic carbocycles. The molecular formula is C26H29ClFNO. The van der Waals surface area contributed by atoms with Crippen molar-refractivity contribution in [2.24, 2.45) is 0 Å². The molecule has 0 amide bonds. The predicted molar refractivity (Wildman–Crippen MR) is 123 cm³/mol. The highest BCUT2D eigenvalue weighted by Crippen LogP contribution is 2.30. The number of rotatable bonds is 9. The fourth-order valence-corrected chi connectivity index (χ4v) is 3.71. The lowest BCUT2D eigenvalue weighted by Crippen LogP contribution is -2.21. The lowest BCUT2D eigenvalue weighted by Gasteiger charge is -2.21. The maximum absolute atomic E-state index is 13.5. The van der Waals surface area contributed by atoms with E-state index in [9.17, 15) is 4.39 Å². The van der Waals surface area contributed by atoms with Gasteiger partial charge in [0.1, 0.15) is 11.6 Å². The van der Waals surface area contributed by atoms with Gasteiger partial charge in [-0.05, 0) is 86.8 Å². The van der Waals surface area contributed by atoms with Gasteiger partial charge in [-0.25, -0.2) is 4.39 Å². The Bertz CT molecular complexity index is 907. The lowest BCUT2D eigenvalue weighted by atomic mass is 9.88. The monoisotopic (exact) mass is 425 g/mol. The zero-order chi connectivity index (χ0) is 21.5. The molecule has 0 fully saturated rings. The van der Waals surface area contributed by atoms with Crippen LogP contribution in [0.2, 0.25) is 5.02 Å². The summed E-state index contributed by atoms with van der Waals surface area (Å²) in [7, 11) is 0. The van der Waals surface area contributed by atoms with Gasteiger partial charge in [0.2, 0.25) is 0 Å². The van der Waals surface area contributed by atoms with Gasteiger partial charge in [0.15, 0.2) is 0 Å². The normalized spacial score (nSPS) is 13.3. The highest BCUT2D eigenvalue weighted by atomic mass is 35.5. The Morgan fingerprint density at radius 2 is 1.33 bits per heavy atom. The molecule has 1 N–H and O–H groups in total. The lowest BCUT2D eigenvalue weighted by molar-refractivity contribution is 0.242. The number of nitrogens with one attached hydrogen (secondary N) is 1. The Hall–Kier alpha value is -2.36. The molecule has 158 valence electrons. The Kier molecular flexibility index (Phi) is 7.89. The van der Waals surface area contributed by atoms with Crippen LogP contribution in [0, 0.1) is 5.82 Å². The summed E-state index contributed by atoms with van der Waals surface area (Å²) in [6.45, 7) is 7.01. The van der Waals surface area contributed by atoms with Crippen LogP contribution < -0.4 is 10.1 Å². The molecule has 0 aromatic heterocycles. The van der Waals surface area contributed by atoms with E-state index >= 15 is 0 Å². The second kappa shape index (κ2) is 10.6. The van der Waals surface area contributed by atoms with Crippen LogP contribution in [0.3, 0.4) is 0 Å². The van der Waals surface area contributed by atoms with Gasteiger partial charge in [-0.15, -0.1) is 0 Å². The van der Waals surface area contributed by atoms with Crippen molar-refractivity contribution in [1.82, 2.24) is 5.32 Å². The number of hydrogen-bond donors (Lipinski definition) is 1. The average Bonchev–Trinajstić information content (AvgIpc) is 2.73. The largest absolute Gasteiger partial charge is 0.491 e. The van der Waals surface area contributed by atoms with Gasteiger partial charge in [-0.1, -0.05) is 48.0 Å². The molecule has 0 spiro atoms. The van der Waals surface area contributed by atoms with Crippen molar-refractivity contribution in [3.8, 4) is 5.75 Å². The Balaban J connectivity index is 1.71. The van der Waals surface area contributed by atoms with Gasteiger partial charge in [0.05, 0.1) is 6.10 Å². The SMILES string of the molecule is CC(C)Oc1ccc([C@H](CCN[C@H](C)c2ccc(Cl)cc2)c2ccc(F)cc2)cc1. The van der Waals surface area contributed by atoms with Crippen molar-refractivity contribution in [3.05, 3.63) is 100 Å². The van der Waals surface area contributed by atoms with Crippen LogP contribution in [0.1, 0.15) is 55.8 Å². The number of ether oxygens (including phenoxy) is 1. The van der Waals surface area contributed by atoms with E-state index in [4.69, 9.17) is 16.3 Å². The van der Waals surface area contributed by atoms with Crippen LogP contribution in [-0.4, -0.2) is 12.6 Å². The van der Waals surface area contributed by atoms with E-state index in [1.54, 1.807) is 0 Å². The minimum atomic E-state index is -0.215. The molecule has 0 unspecified atom stereocenters. The fraction of sp³-hybridized carbons (Fsp3) is 0.308. The third-order valence-electron chi connectivity index (χ3n) is 5.18. The van der Waals surface area contributed by atoms with Gasteiger partial charge in [-0.3, -0.25) is 0 Å². The Labute approximate surface area is 184 Å². The maximum atomic E-state index is 13.5. The maximum Gasteiger partial charge on any atom is 0.123 e. The first-order valence-corrected chi connectivity index (χ1v) is 10.8. The van der Waals surface area contributed by atoms with Crippen molar-refractivity contribution in [2.75, 3.05) is 6.54 Å². The third kappa shape index (κ3) is 6.32. The molecule has 0 radical (unpaired) electrons. The number of halogens is 2. The van der Waals surface area contributed by atoms with Gasteiger partial charge in [0, 0.05) is 17.0 Å². The zero-order valence-electron chi connectivity index (χ0n) is 17.7. The summed E-state index contributed by atoms with van der Waals surface area (Å²) in [5, 5.41) is 4.34. The second-order valence-corrected chi connectivity index (χ2v) is 8.29. The van der Waals surface area contributed by atoms with E-state index in [0.29, 0.717) is 0 Å². The topological polar surface area (TPSA) is 21.3 Å². The van der Waals surface area contributed by atoms with Gasteiger partial charge < -0.3 is 10.1 Å². The first-order chi connectivity index (χ1) is 14.4. The van der Waals surface area contributed by atoms with Crippen molar-refractivity contribution in [2.45, 2.75) is 45.3 Å². The molecule has 0 aliphatic heterocycles. The molecule has 0 aliphatic rings. The Morgan fingerprint density at radius 1 is 0.800 bits per heavy atom. The van der Waals surface area contributed by atoms with Gasteiger partial charge >= 0.3 is 0 Å². The van der Waals surface area contributed by atoms with Crippen molar-refractivity contribution >= 4 is 11.6 Å². The predicted octanol–water partition coefficient (Wildman–Crippen LogP) is 7.14. The summed E-state index contributed by atoms with van der Waals surface area (Å²) >= 11 is 5.99. The molecule has 3 rings (SSSR count). The Morgan fingerprint density at radius 3 is 1.90 bits per heavy atom. The zero-order valence-corrected chi connectivity index (χ0v) is 18.5. The molecule has 0 saturated heterocycles. The van der Waals surface area contributed by atoms with Crippen LogP contribution in [0.25, 0.3) is 0 Å². The molecule has 0 bridgehead atoms. The van der Waals surface area contributed by atoms with Gasteiger partial charge in [-0.2, -0.15) is 0 Å². The molecule has 0 heterocycles. The van der Waals surface area contributed by atoms with Crippen LogP contribution in [0.4, 0.5) is 4.39 Å². The summed E-state index contributed by atoms with van der Waals surface area (Å²) in [6.07, 6.45) is 1.04. The standard InChI is InChI=1S/C26H29ClFNO/c1-18(2)30-25-14-8-22(9-15-25)26(21-6-12-24(28)13-7-21)16-17-29-19(3)20-4-10-23(27)11-5-20/h4-15,18-19,26,29H,16-17H2,1-3H3/t19-,26-/m1/s1. The van der Waals surface area contributed by atoms with E-state index < -0.39 is 0 Å². The van der Waals surface area contributed by atoms with Crippen LogP contribution in [0.5, 0.6) is 5.75 Å². The molecule has 2 atom stereocenters. The highest BCUT2D eigenvalue weighted by molar-refractivity contribution is 6.30. The van der Waals surface area contributed by atoms with Gasteiger partial charge in [0.25, 0.3) is 0 Å². The number of benzene rings is 3. The van der Waals surface area contributed by atoms with Crippen molar-refractivity contribution in [1.29, 1.82) is 0 Å². The van der Waals surface area contributed by atoms with Crippen LogP contribution in [-0.2, 0) is 0 Å². The highest BCUT2D eigenvalue weighted by Gasteiger charge is 2.16. The quantitative estimate of drug-likeness (QED) is 0.393. The summed E-state index contributed by atoms with van der Waals surface area (Å²) in [5.74, 6) is 0.817. The van der Waals surface area contributed by atoms with Crippen molar-refractivity contribution in [3.63, 3.8) is 0 Å². The third-order valence-corrected chi connectivity index (χ3v) is 5.43. The summed E-state index contributed by atoms with van der Waals surface area (Å²) in [4.78, 5) is 0. The summed E-state index contributed by atoms with van der Waals surface area (Å²) in [5.41, 5.74) is 3.50. The molecule has 3 aromatic rings. The van der Waals surface area contributed by atoms with Crippen LogP contribution >= 0.6 is 11.6 Å². The van der Waals surface area contributed by atoms with Crippen molar-refractivity contribution < 1.29 is 9.13 Å². The smallest absolute Gasteiger partial charge is 0.123 e. The number of hydrogen-bond acceptors (Lipinski definition) is 2. The molecule has 30 heavy (non-hydrogen) atoms. The first kappa shape index (κ1) is 22.3. The van der Waals surface area contributed by atoms with Crippen LogP contribution in [0.15, 0.2) is 72.8 Å². The van der Waals surface area contributed by atoms with E-state index in [2.05, 4.69) is 24.4 Å². The fourth-order valence-electron chi connectivity index (χ4n) is 3.59. The molecule has 2 nitrogen and oxygen atoms in total. The summed E-state index contributed by atoms with van der Waals surface area (Å²) in [6, 6.07) is 23.2. The molecule has 0 saturated carbocycles. The first-order valence-electron chi connectivity index (χ1n) is 10.4. The van der Waals surface area contributed by atoms with E-state index in [1.165, 1.54) is 23.3 Å². The van der Waals surface area contributed by atoms with E-state index in [1.807, 2.05) is 62.4 Å².